The first kappa shape index (κ1) is 51.5. The van der Waals surface area contributed by atoms with Crippen molar-refractivity contribution in [1.82, 2.24) is 14.5 Å². The molecule has 0 saturated carbocycles. The molecule has 2 heterocycles. The van der Waals surface area contributed by atoms with Crippen LogP contribution < -0.4 is 0 Å². The SMILES string of the molecule is N#Cc1cc(C#N)c(-c2ccc3c(c2)c2cc(-c4c(C#N)cc(C#N)cc4C#N)ccc2n3-c2c(-c3cccc(C(F)(F)F)c3)cc(-c3nc(-c4ccccc4)cc(-c4ccccc4)n3)cc2-c2cccc(C(F)(F)F)c2)c(C#N)c1. The molecule has 2 aromatic heterocycles. The summed E-state index contributed by atoms with van der Waals surface area (Å²) in [5, 5.41) is 62.1. The van der Waals surface area contributed by atoms with Crippen LogP contribution in [0.5, 0.6) is 0 Å². The van der Waals surface area contributed by atoms with E-state index in [0.717, 1.165) is 24.3 Å². The molecule has 11 rings (SSSR count). The maximum atomic E-state index is 14.9. The summed E-state index contributed by atoms with van der Waals surface area (Å²) in [6.45, 7) is 0. The Morgan fingerprint density at radius 3 is 1.09 bits per heavy atom. The maximum absolute atomic E-state index is 14.9. The van der Waals surface area contributed by atoms with Crippen molar-refractivity contribution in [2.24, 2.45) is 0 Å². The van der Waals surface area contributed by atoms with E-state index >= 15 is 0 Å². The van der Waals surface area contributed by atoms with Gasteiger partial charge in [0.1, 0.15) is 0 Å². The van der Waals surface area contributed by atoms with Crippen LogP contribution in [0.3, 0.4) is 0 Å². The number of aromatic nitrogens is 3. The van der Waals surface area contributed by atoms with Crippen molar-refractivity contribution in [2.45, 2.75) is 12.4 Å². The van der Waals surface area contributed by atoms with E-state index in [1.807, 2.05) is 72.8 Å². The van der Waals surface area contributed by atoms with Crippen LogP contribution in [0.1, 0.15) is 44.5 Å². The molecule has 0 aliphatic heterocycles. The van der Waals surface area contributed by atoms with Crippen LogP contribution >= 0.6 is 0 Å². The summed E-state index contributed by atoms with van der Waals surface area (Å²) in [5.41, 5.74) is 2.62. The van der Waals surface area contributed by atoms with E-state index in [-0.39, 0.29) is 83.8 Å². The molecule has 9 aromatic carbocycles. The number of rotatable bonds is 8. The van der Waals surface area contributed by atoms with Crippen molar-refractivity contribution in [3.8, 4) is 121 Å². The lowest BCUT2D eigenvalue weighted by Crippen LogP contribution is -2.07. The van der Waals surface area contributed by atoms with Crippen LogP contribution in [0.2, 0.25) is 0 Å². The summed E-state index contributed by atoms with van der Waals surface area (Å²) in [4.78, 5) is 10.0. The van der Waals surface area contributed by atoms with Gasteiger partial charge in [0.15, 0.2) is 5.82 Å². The number of hydrogen-bond acceptors (Lipinski definition) is 8. The molecule has 0 amide bonds. The average molecular weight is 1060 g/mol. The van der Waals surface area contributed by atoms with Gasteiger partial charge in [-0.1, -0.05) is 97.1 Å². The predicted octanol–water partition coefficient (Wildman–Crippen LogP) is 16.5. The Bertz CT molecular complexity index is 4330. The molecule has 0 bridgehead atoms. The molecular formula is C66H31F6N9. The van der Waals surface area contributed by atoms with Gasteiger partial charge in [-0.3, -0.25) is 0 Å². The van der Waals surface area contributed by atoms with Crippen LogP contribution in [0.4, 0.5) is 26.3 Å². The minimum atomic E-state index is -4.85. The zero-order valence-corrected chi connectivity index (χ0v) is 41.7. The first-order valence-corrected chi connectivity index (χ1v) is 24.5. The lowest BCUT2D eigenvalue weighted by molar-refractivity contribution is -0.138. The van der Waals surface area contributed by atoms with Crippen molar-refractivity contribution >= 4 is 21.8 Å². The Labute approximate surface area is 457 Å². The number of hydrogen-bond donors (Lipinski definition) is 0. The van der Waals surface area contributed by atoms with Crippen molar-refractivity contribution in [2.75, 3.05) is 0 Å². The van der Waals surface area contributed by atoms with Gasteiger partial charge >= 0.3 is 12.4 Å². The highest BCUT2D eigenvalue weighted by molar-refractivity contribution is 6.13. The Morgan fingerprint density at radius 1 is 0.346 bits per heavy atom. The zero-order chi connectivity index (χ0) is 56.7. The lowest BCUT2D eigenvalue weighted by Gasteiger charge is -2.22. The normalized spacial score (nSPS) is 11.3. The summed E-state index contributed by atoms with van der Waals surface area (Å²) >= 11 is 0. The topological polar surface area (TPSA) is 173 Å². The molecule has 0 N–H and O–H groups in total. The highest BCUT2D eigenvalue weighted by atomic mass is 19.4. The highest BCUT2D eigenvalue weighted by Crippen LogP contribution is 2.47. The van der Waals surface area contributed by atoms with Gasteiger partial charge in [-0.15, -0.1) is 0 Å². The maximum Gasteiger partial charge on any atom is 0.416 e. The molecule has 15 heteroatoms. The molecule has 0 unspecified atom stereocenters. The summed E-state index contributed by atoms with van der Waals surface area (Å²) in [7, 11) is 0. The molecule has 0 aliphatic rings. The van der Waals surface area contributed by atoms with Crippen LogP contribution in [0.25, 0.3) is 106 Å². The van der Waals surface area contributed by atoms with E-state index in [4.69, 9.17) is 9.97 Å². The molecule has 382 valence electrons. The first-order valence-electron chi connectivity index (χ1n) is 24.5. The van der Waals surface area contributed by atoms with Gasteiger partial charge in [0, 0.05) is 49.7 Å². The number of fused-ring (bicyclic) bond motifs is 3. The molecule has 0 radical (unpaired) electrons. The predicted molar refractivity (Wildman–Crippen MR) is 293 cm³/mol. The minimum Gasteiger partial charge on any atom is -0.308 e. The summed E-state index contributed by atoms with van der Waals surface area (Å²) in [6, 6.07) is 60.0. The number of nitriles is 6. The fourth-order valence-corrected chi connectivity index (χ4v) is 10.2. The zero-order valence-electron chi connectivity index (χ0n) is 41.7. The van der Waals surface area contributed by atoms with Crippen LogP contribution in [-0.4, -0.2) is 14.5 Å². The van der Waals surface area contributed by atoms with Gasteiger partial charge in [0.05, 0.1) is 109 Å². The number of benzene rings is 9. The van der Waals surface area contributed by atoms with E-state index in [1.54, 1.807) is 59.2 Å². The van der Waals surface area contributed by atoms with Crippen molar-refractivity contribution in [3.63, 3.8) is 0 Å². The summed E-state index contributed by atoms with van der Waals surface area (Å²) < 4.78 is 91.4. The third-order valence-corrected chi connectivity index (χ3v) is 13.8. The van der Waals surface area contributed by atoms with Gasteiger partial charge in [-0.2, -0.15) is 57.9 Å². The van der Waals surface area contributed by atoms with Gasteiger partial charge < -0.3 is 4.57 Å². The second kappa shape index (κ2) is 20.4. The smallest absolute Gasteiger partial charge is 0.308 e. The Hall–Kier alpha value is -11.6. The molecule has 0 atom stereocenters. The standard InChI is InChI=1S/C66H31F6N9/c67-65(68,69)51-15-7-13-42(25-51)53-29-46(64-79-57(40-9-3-1-4-10-40)31-58(80-64)41-11-5-2-6-12-41)30-54(43-14-8-16-52(26-43)66(70,71)72)63(53)81-59-19-17-44(61-47(34-75)21-38(32-73)22-48(61)35-76)27-55(59)56-28-45(18-20-60(56)81)62-49(36-77)23-39(33-74)24-50(62)37-78/h1-31H. The second-order valence-electron chi connectivity index (χ2n) is 18.6. The molecule has 0 spiro atoms. The summed E-state index contributed by atoms with van der Waals surface area (Å²) in [5.74, 6) is 0.0905. The van der Waals surface area contributed by atoms with Crippen LogP contribution in [-0.2, 0) is 12.4 Å². The average Bonchev–Trinajstić information content (AvgIpc) is 3.15. The van der Waals surface area contributed by atoms with Crippen LogP contribution in [0.15, 0.2) is 188 Å². The monoisotopic (exact) mass is 1060 g/mol. The van der Waals surface area contributed by atoms with E-state index in [9.17, 15) is 57.9 Å². The van der Waals surface area contributed by atoms with E-state index in [2.05, 4.69) is 24.3 Å². The van der Waals surface area contributed by atoms with Crippen LogP contribution in [0, 0.1) is 68.0 Å². The van der Waals surface area contributed by atoms with Crippen molar-refractivity contribution in [1.29, 1.82) is 31.6 Å². The Balaban J connectivity index is 1.32. The lowest BCUT2D eigenvalue weighted by atomic mass is 9.91. The minimum absolute atomic E-state index is 0.00505. The van der Waals surface area contributed by atoms with Crippen molar-refractivity contribution in [3.05, 3.63) is 233 Å². The van der Waals surface area contributed by atoms with Gasteiger partial charge in [0.2, 0.25) is 0 Å². The van der Waals surface area contributed by atoms with Gasteiger partial charge in [0.25, 0.3) is 0 Å². The largest absolute Gasteiger partial charge is 0.416 e. The quantitative estimate of drug-likeness (QED) is 0.135. The molecule has 11 aromatic rings. The van der Waals surface area contributed by atoms with Crippen molar-refractivity contribution < 1.29 is 26.3 Å². The van der Waals surface area contributed by atoms with E-state index in [1.165, 1.54) is 48.5 Å². The number of alkyl halides is 6. The third-order valence-electron chi connectivity index (χ3n) is 13.8. The molecule has 81 heavy (non-hydrogen) atoms. The molecule has 0 aliphatic carbocycles. The summed E-state index contributed by atoms with van der Waals surface area (Å²) in [6.07, 6.45) is -9.69. The fraction of sp³-hybridized carbons (Fsp3) is 0.0303. The molecule has 0 fully saturated rings. The van der Waals surface area contributed by atoms with Gasteiger partial charge in [-0.05, 0) is 113 Å². The first-order chi connectivity index (χ1) is 39.1. The van der Waals surface area contributed by atoms with E-state index < -0.39 is 23.5 Å². The molecule has 9 nitrogen and oxygen atoms in total. The molecule has 0 saturated heterocycles. The highest BCUT2D eigenvalue weighted by Gasteiger charge is 2.33. The number of halogens is 6. The van der Waals surface area contributed by atoms with E-state index in [0.29, 0.717) is 55.4 Å². The third kappa shape index (κ3) is 9.47. The van der Waals surface area contributed by atoms with Gasteiger partial charge in [-0.25, -0.2) is 9.97 Å². The molecular weight excluding hydrogens is 1030 g/mol. The Kier molecular flexibility index (Phi) is 13.0. The Morgan fingerprint density at radius 2 is 0.728 bits per heavy atom. The second-order valence-corrected chi connectivity index (χ2v) is 18.6. The fourth-order valence-electron chi connectivity index (χ4n) is 10.2. The number of nitrogens with zero attached hydrogens (tertiary/aromatic N) is 9.